The topological polar surface area (TPSA) is 4.36 Å². The quantitative estimate of drug-likeness (QED) is 0.518. The third kappa shape index (κ3) is 2.14. The van der Waals surface area contributed by atoms with Crippen LogP contribution < -0.4 is 0 Å². The van der Waals surface area contributed by atoms with Gasteiger partial charge in [-0.25, -0.2) is 15.4 Å². The van der Waals surface area contributed by atoms with Crippen molar-refractivity contribution < 1.29 is 8.78 Å². The molecule has 0 aromatic carbocycles. The highest BCUT2D eigenvalue weighted by Crippen LogP contribution is 2.30. The van der Waals surface area contributed by atoms with Crippen LogP contribution in [0, 0.1) is 12.5 Å². The lowest BCUT2D eigenvalue weighted by Crippen LogP contribution is -2.22. The standard InChI is InChI=1S/C8H11F2N/c1-11-7-4-2-3-6(5-7)8(9)10/h6-8H,2-5H2. The molecule has 0 radical (unpaired) electrons. The number of halogens is 2. The first-order chi connectivity index (χ1) is 5.24. The van der Waals surface area contributed by atoms with Crippen molar-refractivity contribution in [2.75, 3.05) is 0 Å². The van der Waals surface area contributed by atoms with Crippen molar-refractivity contribution in [3.05, 3.63) is 11.4 Å². The van der Waals surface area contributed by atoms with E-state index in [9.17, 15) is 8.78 Å². The lowest BCUT2D eigenvalue weighted by molar-refractivity contribution is 0.0547. The summed E-state index contributed by atoms with van der Waals surface area (Å²) in [5.74, 6) is -0.511. The van der Waals surface area contributed by atoms with Crippen molar-refractivity contribution in [1.29, 1.82) is 0 Å². The predicted molar refractivity (Wildman–Crippen MR) is 38.4 cm³/mol. The Morgan fingerprint density at radius 2 is 2.09 bits per heavy atom. The molecule has 2 unspecified atom stereocenters. The lowest BCUT2D eigenvalue weighted by atomic mass is 9.86. The summed E-state index contributed by atoms with van der Waals surface area (Å²) in [6.07, 6.45) is 0.388. The molecule has 1 fully saturated rings. The molecule has 1 aliphatic carbocycles. The van der Waals surface area contributed by atoms with Crippen LogP contribution in [0.3, 0.4) is 0 Å². The Balaban J connectivity index is 2.41. The summed E-state index contributed by atoms with van der Waals surface area (Å²) < 4.78 is 24.3. The zero-order chi connectivity index (χ0) is 8.27. The Morgan fingerprint density at radius 3 is 2.64 bits per heavy atom. The van der Waals surface area contributed by atoms with Gasteiger partial charge < -0.3 is 4.85 Å². The summed E-state index contributed by atoms with van der Waals surface area (Å²) in [6, 6.07) is -0.136. The summed E-state index contributed by atoms with van der Waals surface area (Å²) >= 11 is 0. The number of alkyl halides is 2. The minimum atomic E-state index is -2.22. The summed E-state index contributed by atoms with van der Waals surface area (Å²) in [4.78, 5) is 3.30. The molecule has 0 bridgehead atoms. The highest BCUT2D eigenvalue weighted by atomic mass is 19.3. The molecule has 3 heteroatoms. The molecule has 2 atom stereocenters. The van der Waals surface area contributed by atoms with E-state index in [2.05, 4.69) is 4.85 Å². The van der Waals surface area contributed by atoms with Gasteiger partial charge in [0.1, 0.15) is 0 Å². The molecule has 0 aliphatic heterocycles. The van der Waals surface area contributed by atoms with E-state index in [1.807, 2.05) is 0 Å². The van der Waals surface area contributed by atoms with Crippen molar-refractivity contribution >= 4 is 0 Å². The zero-order valence-electron chi connectivity index (χ0n) is 6.26. The summed E-state index contributed by atoms with van der Waals surface area (Å²) in [5, 5.41) is 0. The van der Waals surface area contributed by atoms with E-state index in [-0.39, 0.29) is 6.04 Å². The summed E-state index contributed by atoms with van der Waals surface area (Å²) in [6.45, 7) is 6.71. The number of nitrogens with zero attached hydrogens (tertiary/aromatic N) is 1. The predicted octanol–water partition coefficient (Wildman–Crippen LogP) is 2.73. The van der Waals surface area contributed by atoms with Gasteiger partial charge in [-0.2, -0.15) is 0 Å². The highest BCUT2D eigenvalue weighted by molar-refractivity contribution is 4.86. The minimum absolute atomic E-state index is 0.136. The van der Waals surface area contributed by atoms with Crippen molar-refractivity contribution in [3.63, 3.8) is 0 Å². The second-order valence-corrected chi connectivity index (χ2v) is 3.04. The average Bonchev–Trinajstić information content (AvgIpc) is 2.05. The first-order valence-corrected chi connectivity index (χ1v) is 3.88. The number of hydrogen-bond acceptors (Lipinski definition) is 0. The molecular formula is C8H11F2N. The van der Waals surface area contributed by atoms with Gasteiger partial charge >= 0.3 is 0 Å². The fourth-order valence-corrected chi connectivity index (χ4v) is 1.55. The van der Waals surface area contributed by atoms with Gasteiger partial charge in [0.05, 0.1) is 0 Å². The Bertz CT molecular complexity index is 162. The molecule has 0 saturated heterocycles. The molecule has 0 heterocycles. The average molecular weight is 159 g/mol. The number of rotatable bonds is 1. The van der Waals surface area contributed by atoms with Crippen LogP contribution in [-0.4, -0.2) is 12.5 Å². The molecule has 1 nitrogen and oxygen atoms in total. The van der Waals surface area contributed by atoms with Crippen LogP contribution >= 0.6 is 0 Å². The third-order valence-electron chi connectivity index (χ3n) is 2.23. The van der Waals surface area contributed by atoms with Gasteiger partial charge in [0.15, 0.2) is 0 Å². The molecular weight excluding hydrogens is 148 g/mol. The Kier molecular flexibility index (Phi) is 2.81. The van der Waals surface area contributed by atoms with Crippen molar-refractivity contribution in [3.8, 4) is 0 Å². The molecule has 0 spiro atoms. The Labute approximate surface area is 65.2 Å². The Morgan fingerprint density at radius 1 is 1.36 bits per heavy atom. The molecule has 0 N–H and O–H groups in total. The van der Waals surface area contributed by atoms with Gasteiger partial charge in [-0.05, 0) is 12.8 Å². The van der Waals surface area contributed by atoms with Crippen LogP contribution in [-0.2, 0) is 0 Å². The largest absolute Gasteiger partial charge is 0.314 e. The third-order valence-corrected chi connectivity index (χ3v) is 2.23. The van der Waals surface area contributed by atoms with Gasteiger partial charge in [-0.15, -0.1) is 0 Å². The molecule has 0 amide bonds. The normalized spacial score (nSPS) is 31.8. The SMILES string of the molecule is [C-]#[N+]C1CCCC(C(F)F)C1. The smallest absolute Gasteiger partial charge is 0.241 e. The molecule has 0 aromatic heterocycles. The van der Waals surface area contributed by atoms with Crippen molar-refractivity contribution in [1.82, 2.24) is 0 Å². The highest BCUT2D eigenvalue weighted by Gasteiger charge is 2.30. The van der Waals surface area contributed by atoms with Crippen LogP contribution in [0.5, 0.6) is 0 Å². The van der Waals surface area contributed by atoms with Crippen LogP contribution in [0.25, 0.3) is 4.85 Å². The minimum Gasteiger partial charge on any atom is -0.314 e. The second-order valence-electron chi connectivity index (χ2n) is 3.04. The van der Waals surface area contributed by atoms with E-state index in [1.54, 1.807) is 0 Å². The van der Waals surface area contributed by atoms with Gasteiger partial charge in [0, 0.05) is 18.8 Å². The lowest BCUT2D eigenvalue weighted by Gasteiger charge is -2.21. The molecule has 1 aliphatic rings. The van der Waals surface area contributed by atoms with Crippen molar-refractivity contribution in [2.24, 2.45) is 5.92 Å². The summed E-state index contributed by atoms with van der Waals surface area (Å²) in [7, 11) is 0. The summed E-state index contributed by atoms with van der Waals surface area (Å²) in [5.41, 5.74) is 0. The fraction of sp³-hybridized carbons (Fsp3) is 0.875. The van der Waals surface area contributed by atoms with E-state index in [4.69, 9.17) is 6.57 Å². The Hall–Kier alpha value is -0.650. The second kappa shape index (κ2) is 3.66. The molecule has 1 saturated carbocycles. The van der Waals surface area contributed by atoms with Crippen LogP contribution in [0.1, 0.15) is 25.7 Å². The molecule has 11 heavy (non-hydrogen) atoms. The van der Waals surface area contributed by atoms with Gasteiger partial charge in [0.2, 0.25) is 12.5 Å². The van der Waals surface area contributed by atoms with Crippen molar-refractivity contribution in [2.45, 2.75) is 38.2 Å². The maximum atomic E-state index is 12.1. The van der Waals surface area contributed by atoms with Crippen LogP contribution in [0.2, 0.25) is 0 Å². The van der Waals surface area contributed by atoms with Crippen LogP contribution in [0.15, 0.2) is 0 Å². The monoisotopic (exact) mass is 159 g/mol. The zero-order valence-corrected chi connectivity index (χ0v) is 6.26. The van der Waals surface area contributed by atoms with E-state index < -0.39 is 12.3 Å². The van der Waals surface area contributed by atoms with E-state index in [0.717, 1.165) is 12.8 Å². The first-order valence-electron chi connectivity index (χ1n) is 3.88. The van der Waals surface area contributed by atoms with Crippen LogP contribution in [0.4, 0.5) is 8.78 Å². The van der Waals surface area contributed by atoms with Gasteiger partial charge in [-0.3, -0.25) is 0 Å². The van der Waals surface area contributed by atoms with Gasteiger partial charge in [0.25, 0.3) is 0 Å². The maximum absolute atomic E-state index is 12.1. The molecule has 1 rings (SSSR count). The number of hydrogen-bond donors (Lipinski definition) is 0. The maximum Gasteiger partial charge on any atom is 0.241 e. The first kappa shape index (κ1) is 8.45. The fourth-order valence-electron chi connectivity index (χ4n) is 1.55. The molecule has 0 aromatic rings. The van der Waals surface area contributed by atoms with E-state index >= 15 is 0 Å². The molecule has 62 valence electrons. The van der Waals surface area contributed by atoms with E-state index in [1.165, 1.54) is 0 Å². The van der Waals surface area contributed by atoms with E-state index in [0.29, 0.717) is 12.8 Å². The van der Waals surface area contributed by atoms with Gasteiger partial charge in [-0.1, -0.05) is 0 Å².